The van der Waals surface area contributed by atoms with Gasteiger partial charge >= 0.3 is 12.1 Å². The van der Waals surface area contributed by atoms with Crippen LogP contribution < -0.4 is 5.73 Å². The fourth-order valence-electron chi connectivity index (χ4n) is 0.879. The minimum Gasteiger partial charge on any atom is -0.469 e. The van der Waals surface area contributed by atoms with Crippen LogP contribution in [0.1, 0.15) is 12.8 Å². The molecule has 6 heteroatoms. The zero-order valence-corrected chi connectivity index (χ0v) is 7.23. The van der Waals surface area contributed by atoms with Gasteiger partial charge in [-0.1, -0.05) is 0 Å². The number of halogens is 3. The summed E-state index contributed by atoms with van der Waals surface area (Å²) in [4.78, 5) is 10.7. The first-order chi connectivity index (χ1) is 5.93. The lowest BCUT2D eigenvalue weighted by Crippen LogP contribution is -2.32. The molecule has 78 valence electrons. The van der Waals surface area contributed by atoms with Crippen molar-refractivity contribution in [1.82, 2.24) is 0 Å². The van der Waals surface area contributed by atoms with Gasteiger partial charge in [-0.2, -0.15) is 13.2 Å². The van der Waals surface area contributed by atoms with Crippen molar-refractivity contribution in [3.8, 4) is 0 Å². The summed E-state index contributed by atoms with van der Waals surface area (Å²) in [5, 5.41) is 0. The fourth-order valence-corrected chi connectivity index (χ4v) is 0.879. The Bertz CT molecular complexity index is 170. The summed E-state index contributed by atoms with van der Waals surface area (Å²) in [5.74, 6) is -3.29. The normalized spacial score (nSPS) is 13.9. The van der Waals surface area contributed by atoms with E-state index in [-0.39, 0.29) is 19.4 Å². The van der Waals surface area contributed by atoms with Crippen LogP contribution in [-0.4, -0.2) is 25.8 Å². The Kier molecular flexibility index (Phi) is 4.76. The maximum Gasteiger partial charge on any atom is 0.402 e. The number of methoxy groups -OCH3 is 1. The summed E-state index contributed by atoms with van der Waals surface area (Å²) in [5.41, 5.74) is 5.04. The van der Waals surface area contributed by atoms with Gasteiger partial charge in [-0.15, -0.1) is 0 Å². The topological polar surface area (TPSA) is 52.3 Å². The Balaban J connectivity index is 4.28. The molecule has 13 heavy (non-hydrogen) atoms. The van der Waals surface area contributed by atoms with Crippen molar-refractivity contribution in [3.05, 3.63) is 0 Å². The molecule has 0 radical (unpaired) electrons. The molecule has 0 aromatic rings. The monoisotopic (exact) mass is 199 g/mol. The van der Waals surface area contributed by atoms with Crippen LogP contribution in [0.4, 0.5) is 13.2 Å². The summed E-state index contributed by atoms with van der Waals surface area (Å²) >= 11 is 0. The summed E-state index contributed by atoms with van der Waals surface area (Å²) in [6.07, 6.45) is -4.70. The maximum absolute atomic E-state index is 12.1. The van der Waals surface area contributed by atoms with E-state index < -0.39 is 18.1 Å². The van der Waals surface area contributed by atoms with Crippen LogP contribution in [0.25, 0.3) is 0 Å². The molecule has 0 fully saturated rings. The number of carbonyl (C=O) groups excluding carboxylic acids is 1. The second-order valence-electron chi connectivity index (χ2n) is 2.55. The molecule has 0 rings (SSSR count). The van der Waals surface area contributed by atoms with Gasteiger partial charge in [-0.25, -0.2) is 0 Å². The molecule has 0 bridgehead atoms. The lowest BCUT2D eigenvalue weighted by atomic mass is 10.0. The number of esters is 1. The molecule has 1 unspecified atom stereocenters. The van der Waals surface area contributed by atoms with E-state index in [2.05, 4.69) is 4.74 Å². The van der Waals surface area contributed by atoms with Gasteiger partial charge in [0.2, 0.25) is 0 Å². The van der Waals surface area contributed by atoms with E-state index in [9.17, 15) is 18.0 Å². The van der Waals surface area contributed by atoms with Gasteiger partial charge in [0.25, 0.3) is 0 Å². The van der Waals surface area contributed by atoms with Gasteiger partial charge in [-0.3, -0.25) is 4.79 Å². The number of rotatable bonds is 4. The highest BCUT2D eigenvalue weighted by Crippen LogP contribution is 2.30. The van der Waals surface area contributed by atoms with Crippen LogP contribution in [0.2, 0.25) is 0 Å². The van der Waals surface area contributed by atoms with Crippen molar-refractivity contribution in [2.75, 3.05) is 13.7 Å². The van der Waals surface area contributed by atoms with Gasteiger partial charge in [0.05, 0.1) is 7.11 Å². The molecule has 0 amide bonds. The molecule has 3 nitrogen and oxygen atoms in total. The van der Waals surface area contributed by atoms with Gasteiger partial charge in [-0.05, 0) is 19.4 Å². The summed E-state index contributed by atoms with van der Waals surface area (Å²) in [7, 11) is 0.934. The van der Waals surface area contributed by atoms with E-state index in [0.717, 1.165) is 7.11 Å². The van der Waals surface area contributed by atoms with Crippen LogP contribution in [-0.2, 0) is 9.53 Å². The average molecular weight is 199 g/mol. The van der Waals surface area contributed by atoms with E-state index in [1.807, 2.05) is 0 Å². The highest BCUT2D eigenvalue weighted by atomic mass is 19.4. The number of alkyl halides is 3. The third kappa shape index (κ3) is 4.12. The van der Waals surface area contributed by atoms with E-state index in [1.54, 1.807) is 0 Å². The van der Waals surface area contributed by atoms with Crippen LogP contribution >= 0.6 is 0 Å². The Morgan fingerprint density at radius 2 is 2.08 bits per heavy atom. The van der Waals surface area contributed by atoms with Crippen LogP contribution in [0.5, 0.6) is 0 Å². The molecule has 0 saturated heterocycles. The predicted octanol–water partition coefficient (Wildman–Crippen LogP) is 1.08. The van der Waals surface area contributed by atoms with Crippen LogP contribution in [0, 0.1) is 5.92 Å². The number of hydrogen-bond acceptors (Lipinski definition) is 3. The summed E-state index contributed by atoms with van der Waals surface area (Å²) < 4.78 is 40.5. The quantitative estimate of drug-likeness (QED) is 0.689. The van der Waals surface area contributed by atoms with E-state index in [4.69, 9.17) is 5.73 Å². The largest absolute Gasteiger partial charge is 0.469 e. The van der Waals surface area contributed by atoms with Crippen molar-refractivity contribution in [1.29, 1.82) is 0 Å². The van der Waals surface area contributed by atoms with Crippen molar-refractivity contribution in [2.24, 2.45) is 11.7 Å². The van der Waals surface area contributed by atoms with E-state index in [1.165, 1.54) is 0 Å². The van der Waals surface area contributed by atoms with Crippen LogP contribution in [0.15, 0.2) is 0 Å². The minimum absolute atomic E-state index is 0.129. The molecular formula is C7H12F3NO2. The molecule has 0 aliphatic carbocycles. The number of ether oxygens (including phenoxy) is 1. The Morgan fingerprint density at radius 3 is 2.38 bits per heavy atom. The standard InChI is InChI=1S/C7H12F3NO2/c1-13-6(12)5(3-2-4-11)7(8,9)10/h5H,2-4,11H2,1H3. The first-order valence-corrected chi connectivity index (χ1v) is 3.78. The first-order valence-electron chi connectivity index (χ1n) is 3.78. The van der Waals surface area contributed by atoms with Crippen molar-refractivity contribution < 1.29 is 22.7 Å². The lowest BCUT2D eigenvalue weighted by Gasteiger charge is -2.17. The lowest BCUT2D eigenvalue weighted by molar-refractivity contribution is -0.197. The Hall–Kier alpha value is -0.780. The summed E-state index contributed by atoms with van der Waals surface area (Å²) in [6, 6.07) is 0. The third-order valence-corrected chi connectivity index (χ3v) is 1.58. The highest BCUT2D eigenvalue weighted by molar-refractivity contribution is 5.73. The smallest absolute Gasteiger partial charge is 0.402 e. The maximum atomic E-state index is 12.1. The highest BCUT2D eigenvalue weighted by Gasteiger charge is 2.44. The van der Waals surface area contributed by atoms with Gasteiger partial charge < -0.3 is 10.5 Å². The Morgan fingerprint density at radius 1 is 1.54 bits per heavy atom. The molecule has 0 aromatic heterocycles. The zero-order valence-electron chi connectivity index (χ0n) is 7.23. The Labute approximate surface area is 74.0 Å². The zero-order chi connectivity index (χ0) is 10.5. The average Bonchev–Trinajstić information content (AvgIpc) is 2.02. The van der Waals surface area contributed by atoms with Gasteiger partial charge in [0.15, 0.2) is 5.92 Å². The predicted molar refractivity (Wildman–Crippen MR) is 39.8 cm³/mol. The van der Waals surface area contributed by atoms with Crippen molar-refractivity contribution in [3.63, 3.8) is 0 Å². The fraction of sp³-hybridized carbons (Fsp3) is 0.857. The number of nitrogens with two attached hydrogens (primary N) is 1. The van der Waals surface area contributed by atoms with Crippen molar-refractivity contribution >= 4 is 5.97 Å². The molecule has 1 atom stereocenters. The molecule has 0 aliphatic rings. The summed E-state index contributed by atoms with van der Waals surface area (Å²) in [6.45, 7) is 0.129. The minimum atomic E-state index is -4.54. The number of hydrogen-bond donors (Lipinski definition) is 1. The molecular weight excluding hydrogens is 187 g/mol. The van der Waals surface area contributed by atoms with Crippen molar-refractivity contribution in [2.45, 2.75) is 19.0 Å². The molecule has 0 spiro atoms. The molecule has 0 aliphatic heterocycles. The molecule has 0 aromatic carbocycles. The van der Waals surface area contributed by atoms with E-state index in [0.29, 0.717) is 0 Å². The molecule has 0 heterocycles. The van der Waals surface area contributed by atoms with Crippen LogP contribution in [0.3, 0.4) is 0 Å². The SMILES string of the molecule is COC(=O)C(CCCN)C(F)(F)F. The number of carbonyl (C=O) groups is 1. The van der Waals surface area contributed by atoms with Gasteiger partial charge in [0, 0.05) is 0 Å². The molecule has 0 saturated carbocycles. The van der Waals surface area contributed by atoms with Gasteiger partial charge in [0.1, 0.15) is 0 Å². The molecule has 2 N–H and O–H groups in total. The second-order valence-corrected chi connectivity index (χ2v) is 2.55. The first kappa shape index (κ1) is 12.2. The third-order valence-electron chi connectivity index (χ3n) is 1.58. The second kappa shape index (κ2) is 5.06. The van der Waals surface area contributed by atoms with E-state index >= 15 is 0 Å².